The van der Waals surface area contributed by atoms with Crippen LogP contribution in [0.5, 0.6) is 0 Å². The first-order chi connectivity index (χ1) is 7.60. The predicted octanol–water partition coefficient (Wildman–Crippen LogP) is 2.23. The molecule has 0 aliphatic carbocycles. The number of hydrogen-bond acceptors (Lipinski definition) is 4. The number of halogens is 1. The van der Waals surface area contributed by atoms with E-state index in [1.54, 1.807) is 19.2 Å². The molecular weight excluding hydrogens is 274 g/mol. The number of carbonyl (C=O) groups excluding carboxylic acids is 2. The molecule has 1 aromatic rings. The molecule has 5 heteroatoms. The van der Waals surface area contributed by atoms with E-state index in [0.29, 0.717) is 16.5 Å². The average Bonchev–Trinajstić information content (AvgIpc) is 2.29. The fourth-order valence-electron chi connectivity index (χ4n) is 1.35. The highest BCUT2D eigenvalue weighted by molar-refractivity contribution is 9.10. The maximum Gasteiger partial charge on any atom is 0.316 e. The van der Waals surface area contributed by atoms with E-state index in [1.165, 1.54) is 13.3 Å². The third-order valence-electron chi connectivity index (χ3n) is 2.20. The van der Waals surface area contributed by atoms with Crippen LogP contribution in [-0.2, 0) is 9.53 Å². The SMILES string of the molecule is CCC(C(=O)OC)C(=O)c1cncc(Br)c1. The minimum atomic E-state index is -0.749. The molecule has 0 spiro atoms. The normalized spacial score (nSPS) is 11.9. The zero-order chi connectivity index (χ0) is 12.1. The summed E-state index contributed by atoms with van der Waals surface area (Å²) >= 11 is 3.22. The molecule has 1 heterocycles. The number of aromatic nitrogens is 1. The van der Waals surface area contributed by atoms with Gasteiger partial charge in [0.05, 0.1) is 7.11 Å². The van der Waals surface area contributed by atoms with Crippen LogP contribution in [-0.4, -0.2) is 23.8 Å². The maximum absolute atomic E-state index is 12.0. The van der Waals surface area contributed by atoms with Crippen LogP contribution in [0.25, 0.3) is 0 Å². The van der Waals surface area contributed by atoms with Crippen molar-refractivity contribution in [2.45, 2.75) is 13.3 Å². The van der Waals surface area contributed by atoms with Gasteiger partial charge in [-0.25, -0.2) is 0 Å². The number of nitrogens with zero attached hydrogens (tertiary/aromatic N) is 1. The van der Waals surface area contributed by atoms with Gasteiger partial charge in [0.2, 0.25) is 0 Å². The lowest BCUT2D eigenvalue weighted by Gasteiger charge is -2.10. The average molecular weight is 286 g/mol. The van der Waals surface area contributed by atoms with Crippen molar-refractivity contribution in [1.29, 1.82) is 0 Å². The van der Waals surface area contributed by atoms with Crippen molar-refractivity contribution >= 4 is 27.7 Å². The van der Waals surface area contributed by atoms with Crippen LogP contribution in [0.3, 0.4) is 0 Å². The van der Waals surface area contributed by atoms with Gasteiger partial charge in [-0.1, -0.05) is 6.92 Å². The molecule has 1 rings (SSSR count). The Morgan fingerprint density at radius 3 is 2.69 bits per heavy atom. The summed E-state index contributed by atoms with van der Waals surface area (Å²) in [4.78, 5) is 27.2. The summed E-state index contributed by atoms with van der Waals surface area (Å²) in [6, 6.07) is 1.64. The topological polar surface area (TPSA) is 56.3 Å². The Labute approximate surface area is 102 Å². The van der Waals surface area contributed by atoms with Crippen LogP contribution in [0.1, 0.15) is 23.7 Å². The lowest BCUT2D eigenvalue weighted by atomic mass is 9.96. The first-order valence-corrected chi connectivity index (χ1v) is 5.62. The third-order valence-corrected chi connectivity index (χ3v) is 2.63. The van der Waals surface area contributed by atoms with Crippen molar-refractivity contribution < 1.29 is 14.3 Å². The molecule has 0 N–H and O–H groups in total. The van der Waals surface area contributed by atoms with Gasteiger partial charge in [0.25, 0.3) is 0 Å². The van der Waals surface area contributed by atoms with Crippen LogP contribution >= 0.6 is 15.9 Å². The van der Waals surface area contributed by atoms with E-state index in [1.807, 2.05) is 0 Å². The van der Waals surface area contributed by atoms with Gasteiger partial charge in [-0.2, -0.15) is 0 Å². The number of esters is 1. The third kappa shape index (κ3) is 2.88. The Morgan fingerprint density at radius 1 is 1.50 bits per heavy atom. The summed E-state index contributed by atoms with van der Waals surface area (Å²) in [6.45, 7) is 1.77. The van der Waals surface area contributed by atoms with E-state index in [9.17, 15) is 9.59 Å². The molecule has 1 aromatic heterocycles. The van der Waals surface area contributed by atoms with E-state index in [2.05, 4.69) is 25.7 Å². The highest BCUT2D eigenvalue weighted by Gasteiger charge is 2.26. The molecule has 0 amide bonds. The van der Waals surface area contributed by atoms with E-state index in [4.69, 9.17) is 0 Å². The zero-order valence-corrected chi connectivity index (χ0v) is 10.7. The van der Waals surface area contributed by atoms with Gasteiger partial charge in [0.1, 0.15) is 5.92 Å². The minimum absolute atomic E-state index is 0.261. The molecule has 16 heavy (non-hydrogen) atoms. The predicted molar refractivity (Wildman–Crippen MR) is 62.1 cm³/mol. The quantitative estimate of drug-likeness (QED) is 0.484. The van der Waals surface area contributed by atoms with Gasteiger partial charge in [0.15, 0.2) is 5.78 Å². The van der Waals surface area contributed by atoms with Crippen LogP contribution in [0, 0.1) is 5.92 Å². The summed E-state index contributed by atoms with van der Waals surface area (Å²) in [5.74, 6) is -1.52. The Balaban J connectivity index is 2.95. The van der Waals surface area contributed by atoms with E-state index < -0.39 is 11.9 Å². The maximum atomic E-state index is 12.0. The van der Waals surface area contributed by atoms with Crippen LogP contribution < -0.4 is 0 Å². The van der Waals surface area contributed by atoms with E-state index in [-0.39, 0.29) is 5.78 Å². The molecule has 1 unspecified atom stereocenters. The number of Topliss-reactive ketones (excluding diaryl/α,β-unsaturated/α-hetero) is 1. The van der Waals surface area contributed by atoms with Crippen molar-refractivity contribution in [3.63, 3.8) is 0 Å². The largest absolute Gasteiger partial charge is 0.468 e. The number of hydrogen-bond donors (Lipinski definition) is 0. The van der Waals surface area contributed by atoms with Gasteiger partial charge in [-0.05, 0) is 28.4 Å². The molecule has 0 bridgehead atoms. The first-order valence-electron chi connectivity index (χ1n) is 4.82. The number of carbonyl (C=O) groups is 2. The number of rotatable bonds is 4. The van der Waals surface area contributed by atoms with Gasteiger partial charge < -0.3 is 4.74 Å². The lowest BCUT2D eigenvalue weighted by Crippen LogP contribution is -2.24. The Morgan fingerprint density at radius 2 is 2.19 bits per heavy atom. The monoisotopic (exact) mass is 285 g/mol. The summed E-state index contributed by atoms with van der Waals surface area (Å²) in [6.07, 6.45) is 3.44. The first kappa shape index (κ1) is 12.8. The van der Waals surface area contributed by atoms with Gasteiger partial charge >= 0.3 is 5.97 Å². The van der Waals surface area contributed by atoms with E-state index in [0.717, 1.165) is 0 Å². The minimum Gasteiger partial charge on any atom is -0.468 e. The molecular formula is C11H12BrNO3. The molecule has 0 aliphatic heterocycles. The number of pyridine rings is 1. The lowest BCUT2D eigenvalue weighted by molar-refractivity contribution is -0.143. The molecule has 0 aromatic carbocycles. The highest BCUT2D eigenvalue weighted by Crippen LogP contribution is 2.16. The van der Waals surface area contributed by atoms with Gasteiger partial charge in [0, 0.05) is 22.4 Å². The second-order valence-corrected chi connectivity index (χ2v) is 4.16. The van der Waals surface area contributed by atoms with Crippen molar-refractivity contribution in [1.82, 2.24) is 4.98 Å². The van der Waals surface area contributed by atoms with Crippen LogP contribution in [0.4, 0.5) is 0 Å². The Bertz CT molecular complexity index is 406. The fraction of sp³-hybridized carbons (Fsp3) is 0.364. The second kappa shape index (κ2) is 5.75. The number of methoxy groups -OCH3 is 1. The van der Waals surface area contributed by atoms with Crippen molar-refractivity contribution in [3.05, 3.63) is 28.5 Å². The van der Waals surface area contributed by atoms with Crippen LogP contribution in [0.15, 0.2) is 22.9 Å². The van der Waals surface area contributed by atoms with Crippen LogP contribution in [0.2, 0.25) is 0 Å². The van der Waals surface area contributed by atoms with Crippen molar-refractivity contribution in [2.75, 3.05) is 7.11 Å². The summed E-state index contributed by atoms with van der Waals surface area (Å²) in [7, 11) is 1.28. The van der Waals surface area contributed by atoms with Gasteiger partial charge in [-0.15, -0.1) is 0 Å². The van der Waals surface area contributed by atoms with Crippen molar-refractivity contribution in [3.8, 4) is 0 Å². The molecule has 4 nitrogen and oxygen atoms in total. The molecule has 0 radical (unpaired) electrons. The van der Waals surface area contributed by atoms with E-state index >= 15 is 0 Å². The van der Waals surface area contributed by atoms with Gasteiger partial charge in [-0.3, -0.25) is 14.6 Å². The summed E-state index contributed by atoms with van der Waals surface area (Å²) in [5, 5.41) is 0. The molecule has 1 atom stereocenters. The zero-order valence-electron chi connectivity index (χ0n) is 9.07. The van der Waals surface area contributed by atoms with Crippen molar-refractivity contribution in [2.24, 2.45) is 5.92 Å². The highest BCUT2D eigenvalue weighted by atomic mass is 79.9. The molecule has 0 fully saturated rings. The summed E-state index contributed by atoms with van der Waals surface area (Å²) < 4.78 is 5.29. The second-order valence-electron chi connectivity index (χ2n) is 3.24. The molecule has 0 saturated carbocycles. The number of ketones is 1. The molecule has 86 valence electrons. The smallest absolute Gasteiger partial charge is 0.316 e. The molecule has 0 saturated heterocycles. The fourth-order valence-corrected chi connectivity index (χ4v) is 1.71. The standard InChI is InChI=1S/C11H12BrNO3/c1-3-9(11(15)16-2)10(14)7-4-8(12)6-13-5-7/h4-6,9H,3H2,1-2H3. The number of ether oxygens (including phenoxy) is 1. The Hall–Kier alpha value is -1.23. The molecule has 0 aliphatic rings. The summed E-state index contributed by atoms with van der Waals surface area (Å²) in [5.41, 5.74) is 0.409. The Kier molecular flexibility index (Phi) is 4.61.